The van der Waals surface area contributed by atoms with E-state index in [0.717, 1.165) is 16.3 Å². The summed E-state index contributed by atoms with van der Waals surface area (Å²) in [5.41, 5.74) is 10.5. The Morgan fingerprint density at radius 3 is 2.67 bits per heavy atom. The van der Waals surface area contributed by atoms with Gasteiger partial charge >= 0.3 is 0 Å². The highest BCUT2D eigenvalue weighted by Gasteiger charge is 2.14. The molecule has 0 fully saturated rings. The summed E-state index contributed by atoms with van der Waals surface area (Å²) in [4.78, 5) is 1.27. The van der Waals surface area contributed by atoms with Crippen molar-refractivity contribution >= 4 is 11.8 Å². The molecule has 0 radical (unpaired) electrons. The zero-order valence-electron chi connectivity index (χ0n) is 11.3. The highest BCUT2D eigenvalue weighted by atomic mass is 32.2. The molecule has 0 aliphatic carbocycles. The van der Waals surface area contributed by atoms with Gasteiger partial charge in [-0.15, -0.1) is 0 Å². The first-order chi connectivity index (χ1) is 8.52. The second kappa shape index (κ2) is 5.16. The van der Waals surface area contributed by atoms with Gasteiger partial charge in [0.1, 0.15) is 5.03 Å². The summed E-state index contributed by atoms with van der Waals surface area (Å²) >= 11 is 1.75. The van der Waals surface area contributed by atoms with Crippen molar-refractivity contribution in [2.75, 3.05) is 0 Å². The molecule has 4 heteroatoms. The van der Waals surface area contributed by atoms with Crippen LogP contribution in [0.15, 0.2) is 28.1 Å². The van der Waals surface area contributed by atoms with E-state index in [0.29, 0.717) is 6.54 Å². The Balaban J connectivity index is 2.42. The third-order valence-electron chi connectivity index (χ3n) is 3.04. The maximum absolute atomic E-state index is 5.82. The van der Waals surface area contributed by atoms with Crippen LogP contribution in [0.2, 0.25) is 0 Å². The van der Waals surface area contributed by atoms with Crippen LogP contribution in [0.4, 0.5) is 0 Å². The van der Waals surface area contributed by atoms with E-state index >= 15 is 0 Å². The predicted octanol–water partition coefficient (Wildman–Crippen LogP) is 2.96. The van der Waals surface area contributed by atoms with Gasteiger partial charge in [0.2, 0.25) is 0 Å². The van der Waals surface area contributed by atoms with Crippen LogP contribution in [0.1, 0.15) is 22.4 Å². The lowest BCUT2D eigenvalue weighted by atomic mass is 10.2. The number of nitrogens with zero attached hydrogens (tertiary/aromatic N) is 2. The first-order valence-corrected chi connectivity index (χ1v) is 6.82. The van der Waals surface area contributed by atoms with Gasteiger partial charge in [0.05, 0.1) is 5.69 Å². The molecule has 1 aromatic carbocycles. The Kier molecular flexibility index (Phi) is 3.78. The van der Waals surface area contributed by atoms with E-state index in [1.807, 2.05) is 18.7 Å². The zero-order valence-corrected chi connectivity index (χ0v) is 12.1. The van der Waals surface area contributed by atoms with E-state index in [4.69, 9.17) is 5.73 Å². The van der Waals surface area contributed by atoms with Gasteiger partial charge < -0.3 is 5.73 Å². The number of rotatable bonds is 3. The van der Waals surface area contributed by atoms with Crippen molar-refractivity contribution in [2.45, 2.75) is 37.2 Å². The van der Waals surface area contributed by atoms with Crippen molar-refractivity contribution in [3.63, 3.8) is 0 Å². The van der Waals surface area contributed by atoms with Gasteiger partial charge in [0, 0.05) is 24.1 Å². The lowest BCUT2D eigenvalue weighted by Crippen LogP contribution is -2.00. The van der Waals surface area contributed by atoms with E-state index < -0.39 is 0 Å². The fourth-order valence-electron chi connectivity index (χ4n) is 1.96. The smallest absolute Gasteiger partial charge is 0.103 e. The minimum absolute atomic E-state index is 0.535. The van der Waals surface area contributed by atoms with Crippen LogP contribution in [0.3, 0.4) is 0 Å². The van der Waals surface area contributed by atoms with Crippen LogP contribution < -0.4 is 5.73 Å². The van der Waals surface area contributed by atoms with Crippen molar-refractivity contribution in [3.8, 4) is 0 Å². The fourth-order valence-corrected chi connectivity index (χ4v) is 3.17. The third kappa shape index (κ3) is 2.44. The third-order valence-corrected chi connectivity index (χ3v) is 4.41. The Bertz CT molecular complexity index is 573. The quantitative estimate of drug-likeness (QED) is 0.924. The average molecular weight is 261 g/mol. The minimum Gasteiger partial charge on any atom is -0.326 e. The van der Waals surface area contributed by atoms with Crippen molar-refractivity contribution in [1.82, 2.24) is 9.78 Å². The molecule has 0 spiro atoms. The van der Waals surface area contributed by atoms with Gasteiger partial charge in [-0.1, -0.05) is 23.9 Å². The summed E-state index contributed by atoms with van der Waals surface area (Å²) in [5, 5.41) is 5.59. The van der Waals surface area contributed by atoms with Crippen molar-refractivity contribution in [1.29, 1.82) is 0 Å². The van der Waals surface area contributed by atoms with Crippen molar-refractivity contribution < 1.29 is 0 Å². The van der Waals surface area contributed by atoms with Crippen LogP contribution in [-0.4, -0.2) is 9.78 Å². The van der Waals surface area contributed by atoms with E-state index in [1.54, 1.807) is 11.8 Å². The molecule has 0 unspecified atom stereocenters. The van der Waals surface area contributed by atoms with Gasteiger partial charge in [-0.25, -0.2) is 0 Å². The van der Waals surface area contributed by atoms with E-state index in [2.05, 4.69) is 37.1 Å². The molecule has 1 aromatic heterocycles. The summed E-state index contributed by atoms with van der Waals surface area (Å²) in [5.74, 6) is 0. The lowest BCUT2D eigenvalue weighted by molar-refractivity contribution is 0.688. The van der Waals surface area contributed by atoms with Gasteiger partial charge in [-0.2, -0.15) is 5.10 Å². The van der Waals surface area contributed by atoms with Crippen LogP contribution in [0.5, 0.6) is 0 Å². The molecule has 0 amide bonds. The molecule has 3 nitrogen and oxygen atoms in total. The number of hydrogen-bond donors (Lipinski definition) is 1. The molecule has 0 aliphatic heterocycles. The molecule has 0 saturated carbocycles. The highest BCUT2D eigenvalue weighted by Crippen LogP contribution is 2.33. The van der Waals surface area contributed by atoms with Gasteiger partial charge in [-0.05, 0) is 38.0 Å². The fraction of sp³-hybridized carbons (Fsp3) is 0.357. The van der Waals surface area contributed by atoms with E-state index in [1.165, 1.54) is 16.0 Å². The Labute approximate surface area is 112 Å². The average Bonchev–Trinajstić information content (AvgIpc) is 2.58. The molecule has 0 atom stereocenters. The Morgan fingerprint density at radius 2 is 2.00 bits per heavy atom. The predicted molar refractivity (Wildman–Crippen MR) is 75.9 cm³/mol. The second-order valence-electron chi connectivity index (χ2n) is 4.57. The van der Waals surface area contributed by atoms with Crippen LogP contribution in [0.25, 0.3) is 0 Å². The Hall–Kier alpha value is -1.26. The molecular formula is C14H19N3S. The molecule has 18 heavy (non-hydrogen) atoms. The second-order valence-corrected chi connectivity index (χ2v) is 5.60. The Morgan fingerprint density at radius 1 is 1.28 bits per heavy atom. The van der Waals surface area contributed by atoms with Gasteiger partial charge in [-0.3, -0.25) is 4.68 Å². The van der Waals surface area contributed by atoms with E-state index in [9.17, 15) is 0 Å². The molecule has 0 saturated heterocycles. The summed E-state index contributed by atoms with van der Waals surface area (Å²) in [6.07, 6.45) is 0. The first kappa shape index (κ1) is 13.2. The van der Waals surface area contributed by atoms with Gasteiger partial charge in [0.15, 0.2) is 0 Å². The lowest BCUT2D eigenvalue weighted by Gasteiger charge is -2.08. The van der Waals surface area contributed by atoms with Crippen LogP contribution in [0, 0.1) is 20.8 Å². The number of aromatic nitrogens is 2. The molecule has 96 valence electrons. The number of benzene rings is 1. The highest BCUT2D eigenvalue weighted by molar-refractivity contribution is 7.99. The zero-order chi connectivity index (χ0) is 13.3. The number of hydrogen-bond acceptors (Lipinski definition) is 3. The maximum Gasteiger partial charge on any atom is 0.103 e. The monoisotopic (exact) mass is 261 g/mol. The molecule has 0 aliphatic rings. The summed E-state index contributed by atoms with van der Waals surface area (Å²) in [6.45, 7) is 6.79. The first-order valence-electron chi connectivity index (χ1n) is 6.00. The molecule has 2 rings (SSSR count). The van der Waals surface area contributed by atoms with E-state index in [-0.39, 0.29) is 0 Å². The van der Waals surface area contributed by atoms with Crippen LogP contribution in [-0.2, 0) is 13.6 Å². The number of aryl methyl sites for hydroxylation is 4. The summed E-state index contributed by atoms with van der Waals surface area (Å²) in [6, 6.07) is 6.50. The number of nitrogens with two attached hydrogens (primary N) is 1. The molecule has 2 aromatic rings. The molecule has 0 bridgehead atoms. The summed E-state index contributed by atoms with van der Waals surface area (Å²) in [7, 11) is 1.97. The maximum atomic E-state index is 5.82. The van der Waals surface area contributed by atoms with Crippen molar-refractivity contribution in [2.24, 2.45) is 12.8 Å². The van der Waals surface area contributed by atoms with Crippen molar-refractivity contribution in [3.05, 3.63) is 40.6 Å². The topological polar surface area (TPSA) is 43.8 Å². The largest absolute Gasteiger partial charge is 0.326 e. The summed E-state index contributed by atoms with van der Waals surface area (Å²) < 4.78 is 1.92. The molecular weight excluding hydrogens is 242 g/mol. The molecule has 2 N–H and O–H groups in total. The molecule has 1 heterocycles. The normalized spacial score (nSPS) is 10.9. The van der Waals surface area contributed by atoms with Crippen LogP contribution >= 0.6 is 11.8 Å². The minimum atomic E-state index is 0.535. The SMILES string of the molecule is Cc1ccc(C)c(Sc2c(CN)c(C)nn2C)c1. The standard InChI is InChI=1S/C14H19N3S/c1-9-5-6-10(2)13(7-9)18-14-12(8-15)11(3)16-17(14)4/h5-7H,8,15H2,1-4H3. The van der Waals surface area contributed by atoms with Gasteiger partial charge in [0.25, 0.3) is 0 Å².